The standard InChI is InChI=1S/C22H33N3O2/c1-2-13-24(16-19-9-6-12-23-14-19)22(27)20-10-11-21(26)25(17-20)15-18-7-4-3-5-8-18/h6,9,12,14,18,20H,2-5,7-8,10-11,13,15-17H2,1H3/t20-/m1/s1. The minimum absolute atomic E-state index is 0.0606. The number of amides is 2. The summed E-state index contributed by atoms with van der Waals surface area (Å²) in [5.74, 6) is 0.994. The van der Waals surface area contributed by atoms with Crippen molar-refractivity contribution in [2.45, 2.75) is 64.8 Å². The molecule has 5 heteroatoms. The van der Waals surface area contributed by atoms with Gasteiger partial charge < -0.3 is 9.80 Å². The Bertz CT molecular complexity index is 613. The third-order valence-corrected chi connectivity index (χ3v) is 5.95. The number of aromatic nitrogens is 1. The Kier molecular flexibility index (Phi) is 7.25. The van der Waals surface area contributed by atoms with Crippen LogP contribution in [-0.4, -0.2) is 46.2 Å². The fourth-order valence-corrected chi connectivity index (χ4v) is 4.48. The second-order valence-electron chi connectivity index (χ2n) is 8.16. The van der Waals surface area contributed by atoms with Crippen LogP contribution in [-0.2, 0) is 16.1 Å². The smallest absolute Gasteiger partial charge is 0.227 e. The molecule has 0 spiro atoms. The van der Waals surface area contributed by atoms with Gasteiger partial charge in [0.2, 0.25) is 11.8 Å². The average Bonchev–Trinajstić information content (AvgIpc) is 2.70. The van der Waals surface area contributed by atoms with Crippen molar-refractivity contribution in [2.24, 2.45) is 11.8 Å². The normalized spacial score (nSPS) is 21.3. The van der Waals surface area contributed by atoms with E-state index in [1.54, 1.807) is 6.20 Å². The third kappa shape index (κ3) is 5.53. The molecule has 0 aromatic carbocycles. The van der Waals surface area contributed by atoms with Crippen molar-refractivity contribution in [1.29, 1.82) is 0 Å². The van der Waals surface area contributed by atoms with Gasteiger partial charge in [-0.1, -0.05) is 32.3 Å². The summed E-state index contributed by atoms with van der Waals surface area (Å²) in [7, 11) is 0. The number of piperidine rings is 1. The maximum atomic E-state index is 13.2. The summed E-state index contributed by atoms with van der Waals surface area (Å²) >= 11 is 0. The lowest BCUT2D eigenvalue weighted by molar-refractivity contribution is -0.144. The highest BCUT2D eigenvalue weighted by atomic mass is 16.2. The number of pyridine rings is 1. The van der Waals surface area contributed by atoms with Crippen LogP contribution in [0.1, 0.15) is 63.9 Å². The van der Waals surface area contributed by atoms with Crippen molar-refractivity contribution < 1.29 is 9.59 Å². The summed E-state index contributed by atoms with van der Waals surface area (Å²) in [4.78, 5) is 33.7. The molecular weight excluding hydrogens is 338 g/mol. The second-order valence-corrected chi connectivity index (χ2v) is 8.16. The maximum absolute atomic E-state index is 13.2. The van der Waals surface area contributed by atoms with Crippen molar-refractivity contribution in [2.75, 3.05) is 19.6 Å². The highest BCUT2D eigenvalue weighted by Gasteiger charge is 2.33. The lowest BCUT2D eigenvalue weighted by Crippen LogP contribution is -2.48. The van der Waals surface area contributed by atoms with Gasteiger partial charge in [-0.25, -0.2) is 0 Å². The van der Waals surface area contributed by atoms with Gasteiger partial charge in [-0.3, -0.25) is 14.6 Å². The van der Waals surface area contributed by atoms with E-state index in [0.29, 0.717) is 31.8 Å². The van der Waals surface area contributed by atoms with E-state index in [4.69, 9.17) is 0 Å². The molecule has 2 aliphatic rings. The van der Waals surface area contributed by atoms with Crippen LogP contribution < -0.4 is 0 Å². The van der Waals surface area contributed by atoms with Gasteiger partial charge in [0.15, 0.2) is 0 Å². The molecule has 3 rings (SSSR count). The summed E-state index contributed by atoms with van der Waals surface area (Å²) in [5.41, 5.74) is 1.06. The first-order valence-electron chi connectivity index (χ1n) is 10.6. The number of likely N-dealkylation sites (tertiary alicyclic amines) is 1. The predicted molar refractivity (Wildman–Crippen MR) is 106 cm³/mol. The Hall–Kier alpha value is -1.91. The summed E-state index contributed by atoms with van der Waals surface area (Å²) < 4.78 is 0. The van der Waals surface area contributed by atoms with E-state index < -0.39 is 0 Å². The minimum atomic E-state index is -0.0606. The third-order valence-electron chi connectivity index (χ3n) is 5.95. The molecule has 1 aromatic rings. The van der Waals surface area contributed by atoms with Crippen molar-refractivity contribution in [1.82, 2.24) is 14.8 Å². The lowest BCUT2D eigenvalue weighted by Gasteiger charge is -2.37. The largest absolute Gasteiger partial charge is 0.342 e. The summed E-state index contributed by atoms with van der Waals surface area (Å²) in [5, 5.41) is 0. The van der Waals surface area contributed by atoms with Crippen LogP contribution in [0.15, 0.2) is 24.5 Å². The van der Waals surface area contributed by atoms with Crippen LogP contribution in [0.25, 0.3) is 0 Å². The zero-order valence-electron chi connectivity index (χ0n) is 16.6. The van der Waals surface area contributed by atoms with Crippen LogP contribution in [0.3, 0.4) is 0 Å². The van der Waals surface area contributed by atoms with Crippen molar-refractivity contribution in [3.8, 4) is 0 Å². The molecular formula is C22H33N3O2. The Labute approximate surface area is 163 Å². The molecule has 0 unspecified atom stereocenters. The minimum Gasteiger partial charge on any atom is -0.342 e. The zero-order valence-corrected chi connectivity index (χ0v) is 16.6. The van der Waals surface area contributed by atoms with Crippen LogP contribution >= 0.6 is 0 Å². The summed E-state index contributed by atoms with van der Waals surface area (Å²) in [6.07, 6.45) is 12.1. The molecule has 0 radical (unpaired) electrons. The van der Waals surface area contributed by atoms with Crippen molar-refractivity contribution in [3.63, 3.8) is 0 Å². The number of nitrogens with zero attached hydrogens (tertiary/aromatic N) is 3. The van der Waals surface area contributed by atoms with Crippen molar-refractivity contribution in [3.05, 3.63) is 30.1 Å². The number of hydrogen-bond donors (Lipinski definition) is 0. The highest BCUT2D eigenvalue weighted by molar-refractivity contribution is 5.84. The quantitative estimate of drug-likeness (QED) is 0.735. The lowest BCUT2D eigenvalue weighted by atomic mass is 9.87. The molecule has 0 bridgehead atoms. The van der Waals surface area contributed by atoms with E-state index in [2.05, 4.69) is 11.9 Å². The Balaban J connectivity index is 1.61. The summed E-state index contributed by atoms with van der Waals surface area (Å²) in [6, 6.07) is 3.93. The van der Waals surface area contributed by atoms with Gasteiger partial charge in [0.25, 0.3) is 0 Å². The molecule has 1 aliphatic carbocycles. The van der Waals surface area contributed by atoms with E-state index in [1.165, 1.54) is 32.1 Å². The molecule has 2 amide bonds. The monoisotopic (exact) mass is 371 g/mol. The topological polar surface area (TPSA) is 53.5 Å². The number of carbonyl (C=O) groups is 2. The molecule has 1 saturated heterocycles. The van der Waals surface area contributed by atoms with Crippen molar-refractivity contribution >= 4 is 11.8 Å². The fourth-order valence-electron chi connectivity index (χ4n) is 4.48. The first-order valence-corrected chi connectivity index (χ1v) is 10.6. The van der Waals surface area contributed by atoms with Gasteiger partial charge in [0, 0.05) is 45.0 Å². The van der Waals surface area contributed by atoms with Gasteiger partial charge in [-0.05, 0) is 43.2 Å². The molecule has 148 valence electrons. The van der Waals surface area contributed by atoms with Crippen LogP contribution in [0, 0.1) is 11.8 Å². The van der Waals surface area contributed by atoms with Crippen LogP contribution in [0.5, 0.6) is 0 Å². The van der Waals surface area contributed by atoms with E-state index in [1.807, 2.05) is 28.1 Å². The molecule has 5 nitrogen and oxygen atoms in total. The molecule has 1 saturated carbocycles. The molecule has 1 aromatic heterocycles. The Morgan fingerprint density at radius 2 is 2.07 bits per heavy atom. The molecule has 1 aliphatic heterocycles. The summed E-state index contributed by atoms with van der Waals surface area (Å²) in [6.45, 7) is 4.90. The molecule has 2 fully saturated rings. The molecule has 2 heterocycles. The Morgan fingerprint density at radius 1 is 1.26 bits per heavy atom. The average molecular weight is 372 g/mol. The van der Waals surface area contributed by atoms with E-state index in [9.17, 15) is 9.59 Å². The first-order chi connectivity index (χ1) is 13.2. The number of carbonyl (C=O) groups excluding carboxylic acids is 2. The fraction of sp³-hybridized carbons (Fsp3) is 0.682. The first kappa shape index (κ1) is 19.8. The van der Waals surface area contributed by atoms with E-state index in [-0.39, 0.29) is 17.7 Å². The zero-order chi connectivity index (χ0) is 19.1. The van der Waals surface area contributed by atoms with E-state index in [0.717, 1.165) is 25.1 Å². The molecule has 27 heavy (non-hydrogen) atoms. The Morgan fingerprint density at radius 3 is 2.78 bits per heavy atom. The van der Waals surface area contributed by atoms with Crippen LogP contribution in [0.4, 0.5) is 0 Å². The molecule has 1 atom stereocenters. The highest BCUT2D eigenvalue weighted by Crippen LogP contribution is 2.27. The maximum Gasteiger partial charge on any atom is 0.227 e. The van der Waals surface area contributed by atoms with Gasteiger partial charge in [-0.15, -0.1) is 0 Å². The number of hydrogen-bond acceptors (Lipinski definition) is 3. The number of rotatable bonds is 7. The van der Waals surface area contributed by atoms with E-state index >= 15 is 0 Å². The van der Waals surface area contributed by atoms with Gasteiger partial charge in [0.05, 0.1) is 5.92 Å². The van der Waals surface area contributed by atoms with Gasteiger partial charge in [-0.2, -0.15) is 0 Å². The van der Waals surface area contributed by atoms with Gasteiger partial charge in [0.1, 0.15) is 0 Å². The SMILES string of the molecule is CCCN(Cc1cccnc1)C(=O)[C@@H]1CCC(=O)N(CC2CCCCC2)C1. The second kappa shape index (κ2) is 9.86. The van der Waals surface area contributed by atoms with Crippen LogP contribution in [0.2, 0.25) is 0 Å². The van der Waals surface area contributed by atoms with Gasteiger partial charge >= 0.3 is 0 Å². The molecule has 0 N–H and O–H groups in total. The predicted octanol–water partition coefficient (Wildman–Crippen LogP) is 3.64.